The molecule has 0 bridgehead atoms. The van der Waals surface area contributed by atoms with Crippen LogP contribution in [0.25, 0.3) is 0 Å². The fourth-order valence-electron chi connectivity index (χ4n) is 0.979. The zero-order valence-electron chi connectivity index (χ0n) is 13.1. The molecular weight excluding hydrogens is 326 g/mol. The van der Waals surface area contributed by atoms with Crippen LogP contribution in [-0.2, 0) is 19.2 Å². The van der Waals surface area contributed by atoms with Gasteiger partial charge in [-0.2, -0.15) is 0 Å². The van der Waals surface area contributed by atoms with E-state index in [0.717, 1.165) is 18.4 Å². The van der Waals surface area contributed by atoms with Crippen molar-refractivity contribution in [3.8, 4) is 0 Å². The summed E-state index contributed by atoms with van der Waals surface area (Å²) in [5.74, 6) is -1.42. The number of carbonyl (C=O) groups is 3. The smallest absolute Gasteiger partial charge is 0.275 e. The maximum atomic E-state index is 11.7. The number of nitrogens with one attached hydrogen (secondary N) is 1. The highest BCUT2D eigenvalue weighted by Gasteiger charge is 2.18. The number of rotatable bonds is 7. The Balaban J connectivity index is 0. The van der Waals surface area contributed by atoms with Crippen LogP contribution in [0.4, 0.5) is 5.13 Å². The number of hydrogen-bond donors (Lipinski definition) is 4. The third-order valence-corrected chi connectivity index (χ3v) is 2.36. The van der Waals surface area contributed by atoms with Crippen molar-refractivity contribution in [3.63, 3.8) is 0 Å². The van der Waals surface area contributed by atoms with Crippen molar-refractivity contribution in [3.05, 3.63) is 11.1 Å². The Bertz CT molecular complexity index is 518. The van der Waals surface area contributed by atoms with E-state index in [1.165, 1.54) is 5.38 Å². The molecule has 0 fully saturated rings. The van der Waals surface area contributed by atoms with Crippen molar-refractivity contribution in [1.82, 2.24) is 10.3 Å². The lowest BCUT2D eigenvalue weighted by Gasteiger charge is -2.03. The summed E-state index contributed by atoms with van der Waals surface area (Å²) >= 11 is 1.10. The van der Waals surface area contributed by atoms with Crippen LogP contribution in [-0.4, -0.2) is 54.2 Å². The van der Waals surface area contributed by atoms with Crippen LogP contribution in [0.1, 0.15) is 19.5 Å². The van der Waals surface area contributed by atoms with Gasteiger partial charge in [0.25, 0.3) is 11.8 Å². The van der Waals surface area contributed by atoms with Gasteiger partial charge in [0.1, 0.15) is 12.0 Å². The number of amides is 2. The first-order valence-electron chi connectivity index (χ1n) is 6.40. The number of nitrogens with zero attached hydrogens (tertiary/aromatic N) is 2. The molecule has 1 aromatic heterocycles. The fourth-order valence-corrected chi connectivity index (χ4v) is 1.53. The van der Waals surface area contributed by atoms with Gasteiger partial charge in [0.15, 0.2) is 17.5 Å². The monoisotopic (exact) mass is 347 g/mol. The first-order valence-corrected chi connectivity index (χ1v) is 7.28. The third kappa shape index (κ3) is 9.92. The Morgan fingerprint density at radius 2 is 2.09 bits per heavy atom. The van der Waals surface area contributed by atoms with Gasteiger partial charge in [-0.15, -0.1) is 11.3 Å². The quantitative estimate of drug-likeness (QED) is 0.275. The van der Waals surface area contributed by atoms with E-state index in [0.29, 0.717) is 6.29 Å². The molecule has 0 radical (unpaired) electrons. The maximum absolute atomic E-state index is 11.7. The Labute approximate surface area is 137 Å². The molecule has 0 aliphatic rings. The molecule has 0 aromatic carbocycles. The number of nitrogen functional groups attached to an aromatic ring is 1. The highest BCUT2D eigenvalue weighted by atomic mass is 32.1. The number of aldehydes is 1. The zero-order valence-corrected chi connectivity index (χ0v) is 13.9. The van der Waals surface area contributed by atoms with E-state index in [1.54, 1.807) is 0 Å². The SMILES string of the molecule is CC.CO.NC(=O)CO/N=C(\C(=O)NCC=O)c1csc(N)n1. The lowest BCUT2D eigenvalue weighted by molar-refractivity contribution is -0.122. The predicted octanol–water partition coefficient (Wildman–Crippen LogP) is -1.12. The number of primary amides is 1. The molecule has 1 heterocycles. The summed E-state index contributed by atoms with van der Waals surface area (Å²) in [7, 11) is 1.00. The van der Waals surface area contributed by atoms with Crippen molar-refractivity contribution in [2.45, 2.75) is 13.8 Å². The summed E-state index contributed by atoms with van der Waals surface area (Å²) < 4.78 is 0. The molecule has 0 atom stereocenters. The van der Waals surface area contributed by atoms with E-state index >= 15 is 0 Å². The molecule has 23 heavy (non-hydrogen) atoms. The van der Waals surface area contributed by atoms with Gasteiger partial charge in [-0.3, -0.25) is 9.59 Å². The van der Waals surface area contributed by atoms with E-state index in [9.17, 15) is 14.4 Å². The molecular formula is C12H21N5O5S. The average Bonchev–Trinajstić information content (AvgIpc) is 2.99. The van der Waals surface area contributed by atoms with Gasteiger partial charge in [0, 0.05) is 12.5 Å². The van der Waals surface area contributed by atoms with Gasteiger partial charge in [-0.25, -0.2) is 4.98 Å². The summed E-state index contributed by atoms with van der Waals surface area (Å²) in [5, 5.41) is 14.5. The number of anilines is 1. The number of oxime groups is 1. The summed E-state index contributed by atoms with van der Waals surface area (Å²) in [4.78, 5) is 40.9. The molecule has 0 aliphatic carbocycles. The topological polar surface area (TPSA) is 170 Å². The molecule has 10 nitrogen and oxygen atoms in total. The molecule has 0 spiro atoms. The summed E-state index contributed by atoms with van der Waals surface area (Å²) in [6.07, 6.45) is 0.509. The Kier molecular flexibility index (Phi) is 14.3. The molecule has 11 heteroatoms. The molecule has 1 rings (SSSR count). The van der Waals surface area contributed by atoms with Crippen molar-refractivity contribution < 1.29 is 24.3 Å². The van der Waals surface area contributed by atoms with E-state index in [-0.39, 0.29) is 23.1 Å². The van der Waals surface area contributed by atoms with Crippen LogP contribution in [0.15, 0.2) is 10.5 Å². The Morgan fingerprint density at radius 3 is 2.52 bits per heavy atom. The molecule has 130 valence electrons. The number of carbonyl (C=O) groups excluding carboxylic acids is 3. The molecule has 0 unspecified atom stereocenters. The van der Waals surface area contributed by atoms with E-state index in [2.05, 4.69) is 20.3 Å². The van der Waals surface area contributed by atoms with Gasteiger partial charge in [0.05, 0.1) is 6.54 Å². The van der Waals surface area contributed by atoms with Crippen molar-refractivity contribution in [2.75, 3.05) is 26.0 Å². The van der Waals surface area contributed by atoms with Crippen LogP contribution < -0.4 is 16.8 Å². The highest BCUT2D eigenvalue weighted by molar-refractivity contribution is 7.13. The second-order valence-corrected chi connectivity index (χ2v) is 4.02. The van der Waals surface area contributed by atoms with Crippen molar-refractivity contribution >= 4 is 40.3 Å². The lowest BCUT2D eigenvalue weighted by atomic mass is 10.3. The lowest BCUT2D eigenvalue weighted by Crippen LogP contribution is -2.33. The number of thiazole rings is 1. The summed E-state index contributed by atoms with van der Waals surface area (Å²) in [6, 6.07) is 0. The number of nitrogens with two attached hydrogens (primary N) is 2. The number of hydrogen-bond acceptors (Lipinski definition) is 9. The van der Waals surface area contributed by atoms with Gasteiger partial charge in [-0.05, 0) is 0 Å². The van der Waals surface area contributed by atoms with Gasteiger partial charge < -0.3 is 31.5 Å². The molecule has 0 aliphatic heterocycles. The van der Waals surface area contributed by atoms with Gasteiger partial charge in [0.2, 0.25) is 0 Å². The minimum Gasteiger partial charge on any atom is -0.400 e. The first kappa shape index (κ1) is 22.7. The Morgan fingerprint density at radius 1 is 1.48 bits per heavy atom. The number of aliphatic hydroxyl groups is 1. The number of aliphatic hydroxyl groups excluding tert-OH is 1. The molecule has 2 amide bonds. The molecule has 0 saturated heterocycles. The minimum atomic E-state index is -0.741. The van der Waals surface area contributed by atoms with E-state index in [4.69, 9.17) is 16.6 Å². The molecule has 1 aromatic rings. The van der Waals surface area contributed by atoms with Crippen molar-refractivity contribution in [1.29, 1.82) is 0 Å². The van der Waals surface area contributed by atoms with Crippen LogP contribution in [0.5, 0.6) is 0 Å². The maximum Gasteiger partial charge on any atom is 0.275 e. The fraction of sp³-hybridized carbons (Fsp3) is 0.417. The second kappa shape index (κ2) is 14.4. The minimum absolute atomic E-state index is 0.176. The Hall–Kier alpha value is -2.53. The standard InChI is InChI=1S/C9H11N5O4S.C2H6.CH4O/c10-6(16)3-18-14-7(8(17)12-1-2-15)5-4-19-9(11)13-5;2*1-2/h2,4H,1,3H2,(H2,10,16)(H2,11,13)(H,12,17);1-2H3;2H,1H3/b14-7-;;. The largest absolute Gasteiger partial charge is 0.400 e. The zero-order chi connectivity index (χ0) is 18.3. The molecule has 6 N–H and O–H groups in total. The van der Waals surface area contributed by atoms with E-state index in [1.807, 2.05) is 13.8 Å². The summed E-state index contributed by atoms with van der Waals surface area (Å²) in [6.45, 7) is 3.33. The van der Waals surface area contributed by atoms with Crippen LogP contribution in [0, 0.1) is 0 Å². The number of aromatic nitrogens is 1. The average molecular weight is 347 g/mol. The van der Waals surface area contributed by atoms with Crippen molar-refractivity contribution in [2.24, 2.45) is 10.9 Å². The third-order valence-electron chi connectivity index (χ3n) is 1.69. The van der Waals surface area contributed by atoms with Crippen LogP contribution in [0.2, 0.25) is 0 Å². The van der Waals surface area contributed by atoms with Crippen LogP contribution >= 0.6 is 11.3 Å². The van der Waals surface area contributed by atoms with E-state index < -0.39 is 18.4 Å². The summed E-state index contributed by atoms with van der Waals surface area (Å²) in [5.41, 5.74) is 10.3. The second-order valence-electron chi connectivity index (χ2n) is 3.13. The van der Waals surface area contributed by atoms with Gasteiger partial charge >= 0.3 is 0 Å². The van der Waals surface area contributed by atoms with Gasteiger partial charge in [-0.1, -0.05) is 19.0 Å². The normalized spacial score (nSPS) is 9.48. The highest BCUT2D eigenvalue weighted by Crippen LogP contribution is 2.12. The molecule has 0 saturated carbocycles. The van der Waals surface area contributed by atoms with Crippen LogP contribution in [0.3, 0.4) is 0 Å². The predicted molar refractivity (Wildman–Crippen MR) is 86.8 cm³/mol. The first-order chi connectivity index (χ1) is 11.0.